The number of nitrogens with one attached hydrogen (secondary N) is 3. The molecule has 318 valence electrons. The van der Waals surface area contributed by atoms with Crippen molar-refractivity contribution in [3.63, 3.8) is 0 Å². The van der Waals surface area contributed by atoms with Crippen LogP contribution in [0.4, 0.5) is 9.59 Å². The van der Waals surface area contributed by atoms with Crippen molar-refractivity contribution in [1.82, 2.24) is 30.7 Å². The Kier molecular flexibility index (Phi) is 19.0. The number of hydrogen-bond acceptors (Lipinski definition) is 11. The van der Waals surface area contributed by atoms with Gasteiger partial charge in [0.1, 0.15) is 29.7 Å². The minimum Gasteiger partial charge on any atom is -0.448 e. The zero-order valence-electron chi connectivity index (χ0n) is 34.1. The second-order valence-corrected chi connectivity index (χ2v) is 14.4. The molecule has 0 aromatic heterocycles. The van der Waals surface area contributed by atoms with E-state index in [1.807, 2.05) is 48.5 Å². The fraction of sp³-hybridized carbons (Fsp3) is 0.476. The van der Waals surface area contributed by atoms with Gasteiger partial charge >= 0.3 is 12.1 Å². The molecule has 2 aromatic carbocycles. The average Bonchev–Trinajstić information content (AvgIpc) is 3.51. The number of rotatable bonds is 24. The second-order valence-electron chi connectivity index (χ2n) is 14.4. The largest absolute Gasteiger partial charge is 0.448 e. The fourth-order valence-corrected chi connectivity index (χ4v) is 6.23. The van der Waals surface area contributed by atoms with Crippen LogP contribution in [0.2, 0.25) is 0 Å². The smallest absolute Gasteiger partial charge is 0.415 e. The fourth-order valence-electron chi connectivity index (χ4n) is 6.23. The molecule has 0 aliphatic heterocycles. The van der Waals surface area contributed by atoms with E-state index < -0.39 is 48.8 Å². The number of hydrogen-bond donors (Lipinski definition) is 3. The molecule has 0 atom stereocenters. The van der Waals surface area contributed by atoms with E-state index in [4.69, 9.17) is 4.74 Å². The van der Waals surface area contributed by atoms with Gasteiger partial charge in [-0.25, -0.2) is 14.9 Å². The number of imide groups is 1. The molecule has 0 saturated carbocycles. The van der Waals surface area contributed by atoms with E-state index in [1.54, 1.807) is 0 Å². The molecule has 17 heteroatoms. The number of amides is 7. The van der Waals surface area contributed by atoms with Crippen LogP contribution in [0.15, 0.2) is 48.5 Å². The van der Waals surface area contributed by atoms with Crippen LogP contribution in [0.25, 0.3) is 11.1 Å². The summed E-state index contributed by atoms with van der Waals surface area (Å²) in [7, 11) is 0. The van der Waals surface area contributed by atoms with Crippen molar-refractivity contribution in [3.8, 4) is 11.1 Å². The van der Waals surface area contributed by atoms with Gasteiger partial charge in [-0.2, -0.15) is 0 Å². The highest BCUT2D eigenvalue weighted by Crippen LogP contribution is 2.44. The topological polar surface area (TPSA) is 226 Å². The van der Waals surface area contributed by atoms with E-state index in [2.05, 4.69) is 16.0 Å². The number of urea groups is 1. The molecular weight excluding hydrogens is 764 g/mol. The molecule has 1 aliphatic carbocycles. The second kappa shape index (κ2) is 23.8. The summed E-state index contributed by atoms with van der Waals surface area (Å²) < 4.78 is 5.50. The molecule has 17 nitrogen and oxygen atoms in total. The van der Waals surface area contributed by atoms with Gasteiger partial charge in [-0.3, -0.25) is 38.4 Å². The predicted octanol–water partition coefficient (Wildman–Crippen LogP) is 2.53. The molecule has 0 heterocycles. The van der Waals surface area contributed by atoms with Gasteiger partial charge < -0.3 is 30.1 Å². The molecule has 59 heavy (non-hydrogen) atoms. The summed E-state index contributed by atoms with van der Waals surface area (Å²) in [5, 5.41) is 7.09. The molecule has 3 N–H and O–H groups in total. The van der Waals surface area contributed by atoms with Crippen LogP contribution in [-0.4, -0.2) is 133 Å². The molecule has 7 amide bonds. The summed E-state index contributed by atoms with van der Waals surface area (Å²) >= 11 is 0. The molecule has 0 spiro atoms. The summed E-state index contributed by atoms with van der Waals surface area (Å²) in [6.45, 7) is 4.25. The number of Topliss-reactive ketones (excluding diaryl/α,β-unsaturated/α-hetero) is 4. The minimum absolute atomic E-state index is 0.0731. The number of ether oxygens (including phenoxy) is 1. The third-order valence-corrected chi connectivity index (χ3v) is 9.57. The Morgan fingerprint density at radius 3 is 1.24 bits per heavy atom. The molecule has 2 aromatic rings. The van der Waals surface area contributed by atoms with Gasteiger partial charge in [0.25, 0.3) is 0 Å². The van der Waals surface area contributed by atoms with Gasteiger partial charge in [0, 0.05) is 83.7 Å². The van der Waals surface area contributed by atoms with Crippen molar-refractivity contribution in [1.29, 1.82) is 0 Å². The molecule has 1 aliphatic rings. The van der Waals surface area contributed by atoms with Crippen LogP contribution in [0.1, 0.15) is 83.3 Å². The number of fused-ring (bicyclic) bond motifs is 3. The number of ketones is 4. The lowest BCUT2D eigenvalue weighted by Crippen LogP contribution is -2.47. The monoisotopic (exact) mass is 818 g/mol. The Morgan fingerprint density at radius 2 is 0.864 bits per heavy atom. The highest BCUT2D eigenvalue weighted by molar-refractivity contribution is 5.92. The molecule has 0 radical (unpaired) electrons. The molecule has 0 unspecified atom stereocenters. The van der Waals surface area contributed by atoms with Crippen LogP contribution < -0.4 is 16.0 Å². The van der Waals surface area contributed by atoms with Crippen LogP contribution in [0.5, 0.6) is 0 Å². The Hall–Kier alpha value is -6.26. The Balaban J connectivity index is 1.63. The number of carbonyl (C=O) groups is 10. The Labute approximate surface area is 343 Å². The first-order valence-corrected chi connectivity index (χ1v) is 19.5. The highest BCUT2D eigenvalue weighted by atomic mass is 16.5. The van der Waals surface area contributed by atoms with Crippen molar-refractivity contribution in [2.75, 3.05) is 59.0 Å². The number of benzene rings is 2. The lowest BCUT2D eigenvalue weighted by molar-refractivity contribution is -0.134. The van der Waals surface area contributed by atoms with Gasteiger partial charge in [0.2, 0.25) is 23.6 Å². The zero-order chi connectivity index (χ0) is 43.5. The van der Waals surface area contributed by atoms with E-state index >= 15 is 0 Å². The maximum atomic E-state index is 13.4. The third kappa shape index (κ3) is 16.3. The summed E-state index contributed by atoms with van der Waals surface area (Å²) in [4.78, 5) is 128. The van der Waals surface area contributed by atoms with E-state index in [-0.39, 0.29) is 113 Å². The lowest BCUT2D eigenvalue weighted by atomic mass is 9.98. The van der Waals surface area contributed by atoms with Crippen LogP contribution >= 0.6 is 0 Å². The standard InChI is InChI=1S/C42H54N6O11/c1-28(49)13-19-46(20-14-29(2)50)39(55)25-43-37(53)17-23-48(24-18-38(54)44-26-40(56)47(21-15-30(3)51)22-16-31(4)52)41(57)45-42(58)59-27-36-34-11-7-5-9-32(34)33-10-6-8-12-35(33)36/h5-12,36H,13-27H2,1-4H3,(H,43,53)(H,44,54)(H,45,57,58). The van der Waals surface area contributed by atoms with Crippen LogP contribution in [0.3, 0.4) is 0 Å². The van der Waals surface area contributed by atoms with Crippen molar-refractivity contribution < 1.29 is 52.7 Å². The van der Waals surface area contributed by atoms with Crippen molar-refractivity contribution in [3.05, 3.63) is 59.7 Å². The third-order valence-electron chi connectivity index (χ3n) is 9.57. The van der Waals surface area contributed by atoms with E-state index in [1.165, 1.54) is 37.5 Å². The molecule has 3 rings (SSSR count). The van der Waals surface area contributed by atoms with Crippen molar-refractivity contribution in [2.45, 2.75) is 72.1 Å². The van der Waals surface area contributed by atoms with Gasteiger partial charge in [-0.05, 0) is 49.9 Å². The quantitative estimate of drug-likeness (QED) is 0.140. The van der Waals surface area contributed by atoms with E-state index in [0.717, 1.165) is 27.2 Å². The maximum absolute atomic E-state index is 13.4. The first-order valence-electron chi connectivity index (χ1n) is 19.5. The minimum atomic E-state index is -1.06. The van der Waals surface area contributed by atoms with Gasteiger partial charge in [0.15, 0.2) is 0 Å². The maximum Gasteiger partial charge on any atom is 0.415 e. The first kappa shape index (κ1) is 47.1. The van der Waals surface area contributed by atoms with Crippen molar-refractivity contribution >= 4 is 58.9 Å². The summed E-state index contributed by atoms with van der Waals surface area (Å²) in [6, 6.07) is 14.5. The molecule has 0 bridgehead atoms. The zero-order valence-corrected chi connectivity index (χ0v) is 34.1. The molecular formula is C42H54N6O11. The lowest BCUT2D eigenvalue weighted by Gasteiger charge is -2.24. The first-order chi connectivity index (χ1) is 28.0. The normalized spacial score (nSPS) is 11.3. The molecule has 0 saturated heterocycles. The predicted molar refractivity (Wildman–Crippen MR) is 215 cm³/mol. The SMILES string of the molecule is CC(=O)CCN(CCC(C)=O)C(=O)CNC(=O)CCN(CCC(=O)NCC(=O)N(CCC(C)=O)CCC(C)=O)C(=O)NC(=O)OCC1c2ccccc2-c2ccccc21. The van der Waals surface area contributed by atoms with Gasteiger partial charge in [-0.15, -0.1) is 0 Å². The number of nitrogens with zero attached hydrogens (tertiary/aromatic N) is 3. The van der Waals surface area contributed by atoms with Crippen molar-refractivity contribution in [2.24, 2.45) is 0 Å². The van der Waals surface area contributed by atoms with E-state index in [9.17, 15) is 47.9 Å². The Bertz CT molecular complexity index is 1740. The summed E-state index contributed by atoms with van der Waals surface area (Å²) in [5.41, 5.74) is 3.95. The summed E-state index contributed by atoms with van der Waals surface area (Å²) in [5.74, 6) is -3.19. The number of alkyl carbamates (subject to hydrolysis) is 1. The Morgan fingerprint density at radius 1 is 0.508 bits per heavy atom. The summed E-state index contributed by atoms with van der Waals surface area (Å²) in [6.07, 6.45) is -1.44. The number of carbonyl (C=O) groups excluding carboxylic acids is 10. The average molecular weight is 819 g/mol. The van der Waals surface area contributed by atoms with Crippen LogP contribution in [-0.2, 0) is 43.1 Å². The van der Waals surface area contributed by atoms with Crippen LogP contribution in [0, 0.1) is 0 Å². The molecule has 0 fully saturated rings. The van der Waals surface area contributed by atoms with Gasteiger partial charge in [0.05, 0.1) is 13.1 Å². The van der Waals surface area contributed by atoms with E-state index in [0.29, 0.717) is 0 Å². The highest BCUT2D eigenvalue weighted by Gasteiger charge is 2.30. The van der Waals surface area contributed by atoms with Gasteiger partial charge in [-0.1, -0.05) is 48.5 Å².